The molecule has 0 bridgehead atoms. The number of nitrogens with zero attached hydrogens (tertiary/aromatic N) is 1. The lowest BCUT2D eigenvalue weighted by Gasteiger charge is -2.36. The molecule has 2 N–H and O–H groups in total. The van der Waals surface area contributed by atoms with E-state index >= 15 is 0 Å². The van der Waals surface area contributed by atoms with Crippen LogP contribution in [0.1, 0.15) is 16.8 Å². The fraction of sp³-hybridized carbons (Fsp3) is 0.250. The van der Waals surface area contributed by atoms with Crippen molar-refractivity contribution in [3.63, 3.8) is 0 Å². The number of thiocarbonyl (C=S) groups is 1. The third-order valence-corrected chi connectivity index (χ3v) is 6.63. The summed E-state index contributed by atoms with van der Waals surface area (Å²) in [7, 11) is 0. The first-order valence-electron chi connectivity index (χ1n) is 8.53. The molecule has 0 amide bonds. The Hall–Kier alpha value is -1.53. The number of aliphatic hydroxyl groups excluding tert-OH is 1. The van der Waals surface area contributed by atoms with Crippen LogP contribution in [-0.4, -0.2) is 32.0 Å². The van der Waals surface area contributed by atoms with E-state index < -0.39 is 0 Å². The summed E-state index contributed by atoms with van der Waals surface area (Å²) in [5, 5.41) is 11.9. The average Bonchev–Trinajstić information content (AvgIpc) is 3.03. The van der Waals surface area contributed by atoms with Crippen LogP contribution in [0.15, 0.2) is 48.5 Å². The summed E-state index contributed by atoms with van der Waals surface area (Å²) in [6.07, 6.45) is 0.803. The molecule has 0 aliphatic carbocycles. The van der Waals surface area contributed by atoms with E-state index in [9.17, 15) is 5.11 Å². The Morgan fingerprint density at radius 1 is 1.23 bits per heavy atom. The van der Waals surface area contributed by atoms with Crippen molar-refractivity contribution < 1.29 is 5.11 Å². The van der Waals surface area contributed by atoms with Gasteiger partial charge in [0.1, 0.15) is 4.32 Å². The van der Waals surface area contributed by atoms with E-state index in [1.165, 1.54) is 22.2 Å². The molecule has 26 heavy (non-hydrogen) atoms. The smallest absolute Gasteiger partial charge is 0.137 e. The van der Waals surface area contributed by atoms with Gasteiger partial charge in [0.2, 0.25) is 0 Å². The zero-order chi connectivity index (χ0) is 18.1. The van der Waals surface area contributed by atoms with Crippen molar-refractivity contribution in [1.29, 1.82) is 0 Å². The fourth-order valence-corrected chi connectivity index (χ4v) is 4.83. The number of para-hydroxylation sites is 1. The van der Waals surface area contributed by atoms with Crippen molar-refractivity contribution >= 4 is 50.8 Å². The van der Waals surface area contributed by atoms with Crippen LogP contribution in [0.3, 0.4) is 0 Å². The molecule has 3 nitrogen and oxygen atoms in total. The third-order valence-electron chi connectivity index (χ3n) is 4.83. The summed E-state index contributed by atoms with van der Waals surface area (Å²) < 4.78 is 0.823. The van der Waals surface area contributed by atoms with E-state index in [0.29, 0.717) is 6.54 Å². The van der Waals surface area contributed by atoms with Gasteiger partial charge in [-0.2, -0.15) is 0 Å². The van der Waals surface area contributed by atoms with Gasteiger partial charge in [0.05, 0.1) is 19.2 Å². The molecule has 1 aromatic heterocycles. The Morgan fingerprint density at radius 3 is 2.77 bits per heavy atom. The Kier molecular flexibility index (Phi) is 5.23. The van der Waals surface area contributed by atoms with Crippen molar-refractivity contribution in [3.8, 4) is 0 Å². The molecule has 0 saturated heterocycles. The number of aliphatic hydroxyl groups is 1. The molecule has 1 aliphatic rings. The second-order valence-electron chi connectivity index (χ2n) is 6.48. The predicted molar refractivity (Wildman–Crippen MR) is 114 cm³/mol. The molecule has 2 aromatic carbocycles. The Labute approximate surface area is 167 Å². The summed E-state index contributed by atoms with van der Waals surface area (Å²) in [6, 6.07) is 16.2. The highest BCUT2D eigenvalue weighted by atomic mass is 35.5. The molecule has 0 radical (unpaired) electrons. The quantitative estimate of drug-likeness (QED) is 0.619. The number of nitrogens with one attached hydrogen (secondary N) is 1. The molecule has 3 aromatic rings. The summed E-state index contributed by atoms with van der Waals surface area (Å²) in [6.45, 7) is 0.808. The maximum atomic E-state index is 9.93. The van der Waals surface area contributed by atoms with Gasteiger partial charge in [0, 0.05) is 27.4 Å². The monoisotopic (exact) mass is 402 g/mol. The number of aromatic amines is 1. The minimum atomic E-state index is 0.0203. The molecule has 1 atom stereocenters. The largest absolute Gasteiger partial charge is 0.394 e. The van der Waals surface area contributed by atoms with Crippen molar-refractivity contribution in [2.45, 2.75) is 24.8 Å². The normalized spacial score (nSPS) is 16.7. The minimum Gasteiger partial charge on any atom is -0.394 e. The summed E-state index contributed by atoms with van der Waals surface area (Å²) >= 11 is 13.3. The first kappa shape index (κ1) is 17.9. The van der Waals surface area contributed by atoms with Gasteiger partial charge in [0.15, 0.2) is 0 Å². The van der Waals surface area contributed by atoms with E-state index in [-0.39, 0.29) is 12.6 Å². The lowest BCUT2D eigenvalue weighted by Crippen LogP contribution is -2.44. The van der Waals surface area contributed by atoms with Crippen molar-refractivity contribution in [2.24, 2.45) is 0 Å². The number of hydrogen-bond donors (Lipinski definition) is 2. The average molecular weight is 403 g/mol. The van der Waals surface area contributed by atoms with E-state index in [1.807, 2.05) is 30.3 Å². The standard InChI is InChI=1S/C20H19ClN2OS2/c21-14-7-5-13(6-8-14)12-26-20(25)23-10-19-17(9-15(23)11-24)16-3-1-2-4-18(16)22-19/h1-8,15,22,24H,9-12H2/t15-/m1/s1. The zero-order valence-corrected chi connectivity index (χ0v) is 16.5. The van der Waals surface area contributed by atoms with Crippen LogP contribution in [0.4, 0.5) is 0 Å². The second-order valence-corrected chi connectivity index (χ2v) is 8.52. The summed E-state index contributed by atoms with van der Waals surface area (Å²) in [5.74, 6) is 0.796. The highest BCUT2D eigenvalue weighted by molar-refractivity contribution is 8.22. The van der Waals surface area contributed by atoms with Crippen LogP contribution in [0.5, 0.6) is 0 Å². The Morgan fingerprint density at radius 2 is 2.00 bits per heavy atom. The molecule has 0 fully saturated rings. The van der Waals surface area contributed by atoms with Gasteiger partial charge in [-0.3, -0.25) is 0 Å². The lowest BCUT2D eigenvalue weighted by atomic mass is 9.98. The van der Waals surface area contributed by atoms with Crippen molar-refractivity contribution in [1.82, 2.24) is 9.88 Å². The summed E-state index contributed by atoms with van der Waals surface area (Å²) in [5.41, 5.74) is 4.84. The van der Waals surface area contributed by atoms with Gasteiger partial charge in [-0.25, -0.2) is 0 Å². The number of hydrogen-bond acceptors (Lipinski definition) is 3. The van der Waals surface area contributed by atoms with Crippen LogP contribution in [0.25, 0.3) is 10.9 Å². The molecule has 1 aliphatic heterocycles. The van der Waals surface area contributed by atoms with Crippen LogP contribution >= 0.6 is 35.6 Å². The Balaban J connectivity index is 1.52. The lowest BCUT2D eigenvalue weighted by molar-refractivity contribution is 0.169. The van der Waals surface area contributed by atoms with Crippen LogP contribution in [0, 0.1) is 0 Å². The summed E-state index contributed by atoms with van der Waals surface area (Å²) in [4.78, 5) is 5.67. The molecule has 4 rings (SSSR count). The second kappa shape index (κ2) is 7.61. The molecule has 6 heteroatoms. The van der Waals surface area contributed by atoms with Gasteiger partial charge in [-0.05, 0) is 35.7 Å². The van der Waals surface area contributed by atoms with Crippen molar-refractivity contribution in [2.75, 3.05) is 6.61 Å². The highest BCUT2D eigenvalue weighted by Gasteiger charge is 2.30. The van der Waals surface area contributed by atoms with Gasteiger partial charge in [0.25, 0.3) is 0 Å². The minimum absolute atomic E-state index is 0.0203. The van der Waals surface area contributed by atoms with Crippen LogP contribution < -0.4 is 0 Å². The van der Waals surface area contributed by atoms with Crippen LogP contribution in [0.2, 0.25) is 5.02 Å². The van der Waals surface area contributed by atoms with Crippen molar-refractivity contribution in [3.05, 3.63) is 70.4 Å². The van der Waals surface area contributed by atoms with E-state index in [0.717, 1.165) is 27.0 Å². The number of rotatable bonds is 3. The number of benzene rings is 2. The first-order valence-corrected chi connectivity index (χ1v) is 10.3. The predicted octanol–water partition coefficient (Wildman–Crippen LogP) is 4.76. The Bertz CT molecular complexity index is 939. The first-order chi connectivity index (χ1) is 12.7. The number of halogens is 1. The topological polar surface area (TPSA) is 39.3 Å². The van der Waals surface area contributed by atoms with Gasteiger partial charge < -0.3 is 15.0 Å². The van der Waals surface area contributed by atoms with E-state index in [1.54, 1.807) is 11.8 Å². The van der Waals surface area contributed by atoms with Gasteiger partial charge in [-0.1, -0.05) is 65.9 Å². The van der Waals surface area contributed by atoms with Crippen LogP contribution in [-0.2, 0) is 18.7 Å². The molecule has 0 unspecified atom stereocenters. The molecule has 2 heterocycles. The maximum Gasteiger partial charge on any atom is 0.137 e. The SMILES string of the molecule is OC[C@H]1Cc2c([nH]c3ccccc23)CN1C(=S)SCc1ccc(Cl)cc1. The maximum absolute atomic E-state index is 9.93. The molecule has 0 saturated carbocycles. The number of aromatic nitrogens is 1. The molecular formula is C20H19ClN2OS2. The number of fused-ring (bicyclic) bond motifs is 3. The van der Waals surface area contributed by atoms with E-state index in [4.69, 9.17) is 23.8 Å². The highest BCUT2D eigenvalue weighted by Crippen LogP contribution is 2.32. The molecule has 0 spiro atoms. The van der Waals surface area contributed by atoms with Gasteiger partial charge >= 0.3 is 0 Å². The van der Waals surface area contributed by atoms with Gasteiger partial charge in [-0.15, -0.1) is 0 Å². The molecular weight excluding hydrogens is 384 g/mol. The number of thioether (sulfide) groups is 1. The number of H-pyrrole nitrogens is 1. The molecule has 134 valence electrons. The fourth-order valence-electron chi connectivity index (χ4n) is 3.45. The zero-order valence-electron chi connectivity index (χ0n) is 14.1. The third kappa shape index (κ3) is 3.49. The van der Waals surface area contributed by atoms with E-state index in [2.05, 4.69) is 28.1 Å².